The molecule has 9 heteroatoms. The molecule has 0 N–H and O–H groups in total. The van der Waals surface area contributed by atoms with E-state index in [2.05, 4.69) is 9.97 Å². The normalized spacial score (nSPS) is 14.2. The van der Waals surface area contributed by atoms with Gasteiger partial charge in [-0.05, 0) is 12.1 Å². The molecular formula is C16H17N5O4. The van der Waals surface area contributed by atoms with Crippen molar-refractivity contribution >= 4 is 17.5 Å². The van der Waals surface area contributed by atoms with Gasteiger partial charge in [-0.15, -0.1) is 0 Å². The Hall–Kier alpha value is -3.23. The Labute approximate surface area is 144 Å². The van der Waals surface area contributed by atoms with Crippen LogP contribution in [0, 0.1) is 10.1 Å². The SMILES string of the molecule is O=C(COc1cccc([N+](=O)[O-])c1)N1CCN(c2ncccn2)CC1. The van der Waals surface area contributed by atoms with E-state index >= 15 is 0 Å². The van der Waals surface area contributed by atoms with Gasteiger partial charge < -0.3 is 14.5 Å². The molecule has 25 heavy (non-hydrogen) atoms. The van der Waals surface area contributed by atoms with Gasteiger partial charge in [0.05, 0.1) is 11.0 Å². The number of non-ortho nitro benzene ring substituents is 1. The predicted molar refractivity (Wildman–Crippen MR) is 89.4 cm³/mol. The van der Waals surface area contributed by atoms with Gasteiger partial charge in [0.1, 0.15) is 5.75 Å². The number of rotatable bonds is 5. The molecule has 9 nitrogen and oxygen atoms in total. The number of piperazine rings is 1. The molecule has 0 aliphatic carbocycles. The quantitative estimate of drug-likeness (QED) is 0.592. The van der Waals surface area contributed by atoms with Crippen molar-refractivity contribution in [3.63, 3.8) is 0 Å². The maximum absolute atomic E-state index is 12.3. The summed E-state index contributed by atoms with van der Waals surface area (Å²) in [6.07, 6.45) is 3.37. The van der Waals surface area contributed by atoms with Crippen molar-refractivity contribution in [3.8, 4) is 5.75 Å². The molecule has 0 spiro atoms. The summed E-state index contributed by atoms with van der Waals surface area (Å²) in [5.74, 6) is 0.807. The van der Waals surface area contributed by atoms with Crippen LogP contribution in [-0.4, -0.2) is 58.5 Å². The van der Waals surface area contributed by atoms with Gasteiger partial charge in [-0.25, -0.2) is 9.97 Å². The van der Waals surface area contributed by atoms with Crippen LogP contribution in [-0.2, 0) is 4.79 Å². The minimum Gasteiger partial charge on any atom is -0.484 e. The molecular weight excluding hydrogens is 326 g/mol. The maximum atomic E-state index is 12.3. The molecule has 0 unspecified atom stereocenters. The van der Waals surface area contributed by atoms with Crippen LogP contribution >= 0.6 is 0 Å². The lowest BCUT2D eigenvalue weighted by atomic mass is 10.3. The van der Waals surface area contributed by atoms with E-state index in [1.54, 1.807) is 29.4 Å². The molecule has 0 bridgehead atoms. The van der Waals surface area contributed by atoms with Gasteiger partial charge in [-0.1, -0.05) is 6.07 Å². The maximum Gasteiger partial charge on any atom is 0.273 e. The highest BCUT2D eigenvalue weighted by atomic mass is 16.6. The van der Waals surface area contributed by atoms with Crippen molar-refractivity contribution < 1.29 is 14.5 Å². The van der Waals surface area contributed by atoms with E-state index in [-0.39, 0.29) is 18.2 Å². The molecule has 1 fully saturated rings. The number of carbonyl (C=O) groups excluding carboxylic acids is 1. The van der Waals surface area contributed by atoms with Crippen LogP contribution < -0.4 is 9.64 Å². The number of nitro benzene ring substituents is 1. The molecule has 1 amide bonds. The van der Waals surface area contributed by atoms with Crippen LogP contribution in [0.1, 0.15) is 0 Å². The van der Waals surface area contributed by atoms with E-state index in [1.165, 1.54) is 18.2 Å². The number of aromatic nitrogens is 2. The first-order chi connectivity index (χ1) is 12.1. The van der Waals surface area contributed by atoms with Gasteiger partial charge in [-0.2, -0.15) is 0 Å². The van der Waals surface area contributed by atoms with Crippen LogP contribution in [0.4, 0.5) is 11.6 Å². The molecule has 130 valence electrons. The smallest absolute Gasteiger partial charge is 0.273 e. The summed E-state index contributed by atoms with van der Waals surface area (Å²) >= 11 is 0. The highest BCUT2D eigenvalue weighted by Gasteiger charge is 2.22. The number of hydrogen-bond donors (Lipinski definition) is 0. The molecule has 3 rings (SSSR count). The molecule has 1 saturated heterocycles. The van der Waals surface area contributed by atoms with Gasteiger partial charge >= 0.3 is 0 Å². The van der Waals surface area contributed by atoms with Crippen molar-refractivity contribution in [1.29, 1.82) is 0 Å². The fourth-order valence-corrected chi connectivity index (χ4v) is 2.53. The van der Waals surface area contributed by atoms with E-state index < -0.39 is 4.92 Å². The number of carbonyl (C=O) groups is 1. The lowest BCUT2D eigenvalue weighted by molar-refractivity contribution is -0.384. The van der Waals surface area contributed by atoms with E-state index in [9.17, 15) is 14.9 Å². The van der Waals surface area contributed by atoms with E-state index in [0.717, 1.165) is 0 Å². The Morgan fingerprint density at radius 3 is 2.56 bits per heavy atom. The minimum atomic E-state index is -0.500. The van der Waals surface area contributed by atoms with E-state index in [1.807, 2.05) is 4.90 Å². The first-order valence-electron chi connectivity index (χ1n) is 7.80. The molecule has 1 aromatic heterocycles. The first kappa shape index (κ1) is 16.6. The van der Waals surface area contributed by atoms with Crippen LogP contribution in [0.2, 0.25) is 0 Å². The van der Waals surface area contributed by atoms with Crippen molar-refractivity contribution in [3.05, 3.63) is 52.8 Å². The van der Waals surface area contributed by atoms with Crippen molar-refractivity contribution in [2.24, 2.45) is 0 Å². The van der Waals surface area contributed by atoms with Crippen LogP contribution in [0.3, 0.4) is 0 Å². The molecule has 2 aromatic rings. The standard InChI is InChI=1S/C16H17N5O4/c22-15(12-25-14-4-1-3-13(11-14)21(23)24)19-7-9-20(10-8-19)16-17-5-2-6-18-16/h1-6,11H,7-10,12H2. The number of anilines is 1. The fourth-order valence-electron chi connectivity index (χ4n) is 2.53. The Bertz CT molecular complexity index is 747. The number of nitrogens with zero attached hydrogens (tertiary/aromatic N) is 5. The summed E-state index contributed by atoms with van der Waals surface area (Å²) in [6.45, 7) is 2.24. The number of hydrogen-bond acceptors (Lipinski definition) is 7. The van der Waals surface area contributed by atoms with Gasteiger partial charge in [0.15, 0.2) is 6.61 Å². The largest absolute Gasteiger partial charge is 0.484 e. The second kappa shape index (κ2) is 7.56. The zero-order chi connectivity index (χ0) is 17.6. The average molecular weight is 343 g/mol. The van der Waals surface area contributed by atoms with Crippen LogP contribution in [0.15, 0.2) is 42.7 Å². The van der Waals surface area contributed by atoms with Gasteiger partial charge in [0.2, 0.25) is 5.95 Å². The number of amides is 1. The minimum absolute atomic E-state index is 0.0681. The van der Waals surface area contributed by atoms with Gasteiger partial charge in [0, 0.05) is 44.6 Å². The molecule has 1 aliphatic heterocycles. The molecule has 2 heterocycles. The number of nitro groups is 1. The average Bonchev–Trinajstić information content (AvgIpc) is 2.67. The lowest BCUT2D eigenvalue weighted by Gasteiger charge is -2.34. The van der Waals surface area contributed by atoms with Crippen LogP contribution in [0.25, 0.3) is 0 Å². The zero-order valence-corrected chi connectivity index (χ0v) is 13.4. The zero-order valence-electron chi connectivity index (χ0n) is 13.4. The van der Waals surface area contributed by atoms with Crippen molar-refractivity contribution in [2.45, 2.75) is 0 Å². The highest BCUT2D eigenvalue weighted by Crippen LogP contribution is 2.19. The summed E-state index contributed by atoms with van der Waals surface area (Å²) in [6, 6.07) is 7.55. The third-order valence-corrected chi connectivity index (χ3v) is 3.86. The second-order valence-corrected chi connectivity index (χ2v) is 5.46. The summed E-state index contributed by atoms with van der Waals surface area (Å²) in [4.78, 5) is 34.6. The highest BCUT2D eigenvalue weighted by molar-refractivity contribution is 5.78. The summed E-state index contributed by atoms with van der Waals surface area (Å²) in [5.41, 5.74) is -0.0681. The lowest BCUT2D eigenvalue weighted by Crippen LogP contribution is -2.50. The Kier molecular flexibility index (Phi) is 5.03. The van der Waals surface area contributed by atoms with Crippen molar-refractivity contribution in [2.75, 3.05) is 37.7 Å². The van der Waals surface area contributed by atoms with E-state index in [4.69, 9.17) is 4.74 Å². The van der Waals surface area contributed by atoms with Gasteiger partial charge in [-0.3, -0.25) is 14.9 Å². The molecule has 0 atom stereocenters. The summed E-state index contributed by atoms with van der Waals surface area (Å²) < 4.78 is 5.39. The topological polar surface area (TPSA) is 102 Å². The molecule has 1 aliphatic rings. The third-order valence-electron chi connectivity index (χ3n) is 3.86. The Balaban J connectivity index is 1.50. The molecule has 0 radical (unpaired) electrons. The number of benzene rings is 1. The van der Waals surface area contributed by atoms with Gasteiger partial charge in [0.25, 0.3) is 11.6 Å². The molecule has 0 saturated carbocycles. The van der Waals surface area contributed by atoms with E-state index in [0.29, 0.717) is 37.9 Å². The Morgan fingerprint density at radius 1 is 1.16 bits per heavy atom. The second-order valence-electron chi connectivity index (χ2n) is 5.46. The van der Waals surface area contributed by atoms with Crippen LogP contribution in [0.5, 0.6) is 5.75 Å². The third kappa shape index (κ3) is 4.19. The summed E-state index contributed by atoms with van der Waals surface area (Å²) in [5, 5.41) is 10.7. The first-order valence-corrected chi connectivity index (χ1v) is 7.80. The van der Waals surface area contributed by atoms with Crippen molar-refractivity contribution in [1.82, 2.24) is 14.9 Å². The monoisotopic (exact) mass is 343 g/mol. The Morgan fingerprint density at radius 2 is 1.88 bits per heavy atom. The summed E-state index contributed by atoms with van der Waals surface area (Å²) in [7, 11) is 0. The fraction of sp³-hybridized carbons (Fsp3) is 0.312. The predicted octanol–water partition coefficient (Wildman–Crippen LogP) is 1.11. The number of ether oxygens (including phenoxy) is 1. The molecule has 1 aromatic carbocycles.